The van der Waals surface area contributed by atoms with E-state index in [0.29, 0.717) is 0 Å². The van der Waals surface area contributed by atoms with Crippen molar-refractivity contribution < 1.29 is 4.74 Å². The van der Waals surface area contributed by atoms with Gasteiger partial charge in [0, 0.05) is 25.6 Å². The summed E-state index contributed by atoms with van der Waals surface area (Å²) in [4.78, 5) is 0. The van der Waals surface area contributed by atoms with E-state index < -0.39 is 0 Å². The van der Waals surface area contributed by atoms with Crippen LogP contribution in [0.1, 0.15) is 44.6 Å². The lowest BCUT2D eigenvalue weighted by molar-refractivity contribution is 0.224. The predicted molar refractivity (Wildman–Crippen MR) is 84.7 cm³/mol. The second-order valence-electron chi connectivity index (χ2n) is 5.14. The van der Waals surface area contributed by atoms with E-state index in [1.165, 1.54) is 19.3 Å². The summed E-state index contributed by atoms with van der Waals surface area (Å²) in [6.45, 7) is 4.11. The molecular formula is C17H23N3O. The molecule has 0 aromatic heterocycles. The number of benzene rings is 1. The Balaban J connectivity index is 2.17. The van der Waals surface area contributed by atoms with Crippen LogP contribution in [0, 0.1) is 11.8 Å². The van der Waals surface area contributed by atoms with Gasteiger partial charge in [-0.25, -0.2) is 0 Å². The quantitative estimate of drug-likeness (QED) is 0.610. The van der Waals surface area contributed by atoms with Gasteiger partial charge in [0.2, 0.25) is 0 Å². The first-order chi connectivity index (χ1) is 10.3. The minimum absolute atomic E-state index is 0.781. The van der Waals surface area contributed by atoms with Gasteiger partial charge in [-0.2, -0.15) is 0 Å². The van der Waals surface area contributed by atoms with Gasteiger partial charge < -0.3 is 4.74 Å². The predicted octanol–water partition coefficient (Wildman–Crippen LogP) is 4.33. The molecule has 0 aliphatic carbocycles. The van der Waals surface area contributed by atoms with Crippen LogP contribution in [0.4, 0.5) is 5.69 Å². The molecule has 21 heavy (non-hydrogen) atoms. The van der Waals surface area contributed by atoms with Crippen LogP contribution in [0.15, 0.2) is 28.5 Å². The van der Waals surface area contributed by atoms with Crippen LogP contribution in [0.5, 0.6) is 5.75 Å². The van der Waals surface area contributed by atoms with Crippen molar-refractivity contribution in [3.05, 3.63) is 23.8 Å². The molecule has 2 rings (SSSR count). The van der Waals surface area contributed by atoms with Crippen molar-refractivity contribution in [3.63, 3.8) is 0 Å². The molecule has 0 bridgehead atoms. The third-order valence-electron chi connectivity index (χ3n) is 3.41. The highest BCUT2D eigenvalue weighted by Gasteiger charge is 2.08. The number of ether oxygens (including phenoxy) is 1. The zero-order valence-corrected chi connectivity index (χ0v) is 12.9. The monoisotopic (exact) mass is 285 g/mol. The molecule has 1 heterocycles. The standard InChI is InChI=1S/C17H23N3O/c1-3-4-6-9-15-10-11-16(21-2)14-17(15)18-19-20-12-7-5-8-13-20/h10-11,14H,3-5,7-8,12-13H2,1-2H3. The summed E-state index contributed by atoms with van der Waals surface area (Å²) < 4.78 is 5.26. The van der Waals surface area contributed by atoms with Crippen molar-refractivity contribution in [2.75, 3.05) is 20.2 Å². The Hall–Kier alpha value is -2.02. The third-order valence-corrected chi connectivity index (χ3v) is 3.41. The fraction of sp³-hybridized carbons (Fsp3) is 0.529. The molecule has 1 fully saturated rings. The molecule has 0 saturated carbocycles. The highest BCUT2D eigenvalue weighted by atomic mass is 16.5. The average molecular weight is 285 g/mol. The van der Waals surface area contributed by atoms with Crippen molar-refractivity contribution in [1.82, 2.24) is 5.01 Å². The van der Waals surface area contributed by atoms with E-state index in [9.17, 15) is 0 Å². The lowest BCUT2D eigenvalue weighted by Crippen LogP contribution is -2.23. The molecular weight excluding hydrogens is 262 g/mol. The first-order valence-electron chi connectivity index (χ1n) is 7.67. The highest BCUT2D eigenvalue weighted by Crippen LogP contribution is 2.25. The summed E-state index contributed by atoms with van der Waals surface area (Å²) in [5.41, 5.74) is 1.69. The molecule has 4 nitrogen and oxygen atoms in total. The van der Waals surface area contributed by atoms with Crippen LogP contribution in [0.3, 0.4) is 0 Å². The fourth-order valence-corrected chi connectivity index (χ4v) is 2.19. The molecule has 1 aromatic carbocycles. The van der Waals surface area contributed by atoms with Crippen molar-refractivity contribution in [3.8, 4) is 17.6 Å². The summed E-state index contributed by atoms with van der Waals surface area (Å²) in [5.74, 6) is 7.12. The molecule has 1 aromatic rings. The maximum absolute atomic E-state index is 5.26. The van der Waals surface area contributed by atoms with Gasteiger partial charge in [0.1, 0.15) is 11.4 Å². The number of unbranched alkanes of at least 4 members (excludes halogenated alkanes) is 1. The van der Waals surface area contributed by atoms with Crippen LogP contribution in [-0.4, -0.2) is 25.2 Å². The minimum atomic E-state index is 0.781. The van der Waals surface area contributed by atoms with E-state index in [1.54, 1.807) is 7.11 Å². The Morgan fingerprint density at radius 2 is 2.05 bits per heavy atom. The van der Waals surface area contributed by atoms with Gasteiger partial charge in [-0.15, -0.1) is 5.11 Å². The lowest BCUT2D eigenvalue weighted by Gasteiger charge is -2.21. The van der Waals surface area contributed by atoms with Crippen LogP contribution >= 0.6 is 0 Å². The number of piperidine rings is 1. The third kappa shape index (κ3) is 4.78. The summed E-state index contributed by atoms with van der Waals surface area (Å²) in [7, 11) is 1.66. The normalized spacial score (nSPS) is 14.9. The minimum Gasteiger partial charge on any atom is -0.497 e. The molecule has 4 heteroatoms. The zero-order chi connectivity index (χ0) is 14.9. The molecule has 0 N–H and O–H groups in total. The summed E-state index contributed by atoms with van der Waals surface area (Å²) in [5, 5.41) is 10.8. The highest BCUT2D eigenvalue weighted by molar-refractivity contribution is 5.57. The van der Waals surface area contributed by atoms with Crippen molar-refractivity contribution in [2.24, 2.45) is 10.3 Å². The molecule has 0 radical (unpaired) electrons. The van der Waals surface area contributed by atoms with Crippen LogP contribution < -0.4 is 4.74 Å². The maximum atomic E-state index is 5.26. The van der Waals surface area contributed by atoms with Crippen LogP contribution in [-0.2, 0) is 0 Å². The van der Waals surface area contributed by atoms with Crippen molar-refractivity contribution in [1.29, 1.82) is 0 Å². The second-order valence-corrected chi connectivity index (χ2v) is 5.14. The van der Waals surface area contributed by atoms with Gasteiger partial charge in [0.15, 0.2) is 0 Å². The van der Waals surface area contributed by atoms with E-state index in [4.69, 9.17) is 4.74 Å². The largest absolute Gasteiger partial charge is 0.497 e. The lowest BCUT2D eigenvalue weighted by atomic mass is 10.1. The molecule has 1 saturated heterocycles. The topological polar surface area (TPSA) is 37.2 Å². The second kappa shape index (κ2) is 8.31. The average Bonchev–Trinajstić information content (AvgIpc) is 2.55. The summed E-state index contributed by atoms with van der Waals surface area (Å²) >= 11 is 0. The molecule has 0 unspecified atom stereocenters. The number of hydrogen-bond acceptors (Lipinski definition) is 3. The Bertz CT molecular complexity index is 537. The van der Waals surface area contributed by atoms with Gasteiger partial charge in [-0.3, -0.25) is 5.01 Å². The van der Waals surface area contributed by atoms with Crippen LogP contribution in [0.2, 0.25) is 0 Å². The number of rotatable bonds is 4. The molecule has 1 aliphatic heterocycles. The summed E-state index contributed by atoms with van der Waals surface area (Å²) in [6, 6.07) is 5.76. The Labute approximate surface area is 127 Å². The number of hydrogen-bond donors (Lipinski definition) is 0. The van der Waals surface area contributed by atoms with Gasteiger partial charge in [0.05, 0.1) is 12.7 Å². The molecule has 1 aliphatic rings. The number of methoxy groups -OCH3 is 1. The van der Waals surface area contributed by atoms with Crippen LogP contribution in [0.25, 0.3) is 0 Å². The van der Waals surface area contributed by atoms with Gasteiger partial charge >= 0.3 is 0 Å². The fourth-order valence-electron chi connectivity index (χ4n) is 2.19. The maximum Gasteiger partial charge on any atom is 0.121 e. The molecule has 0 spiro atoms. The van der Waals surface area contributed by atoms with E-state index >= 15 is 0 Å². The smallest absolute Gasteiger partial charge is 0.121 e. The molecule has 112 valence electrons. The van der Waals surface area contributed by atoms with Gasteiger partial charge in [-0.05, 0) is 37.8 Å². The van der Waals surface area contributed by atoms with Gasteiger partial charge in [-0.1, -0.05) is 24.0 Å². The van der Waals surface area contributed by atoms with Crippen molar-refractivity contribution >= 4 is 5.69 Å². The Kier molecular flexibility index (Phi) is 6.08. The Morgan fingerprint density at radius 1 is 1.24 bits per heavy atom. The van der Waals surface area contributed by atoms with E-state index in [1.807, 2.05) is 23.2 Å². The van der Waals surface area contributed by atoms with Gasteiger partial charge in [0.25, 0.3) is 0 Å². The van der Waals surface area contributed by atoms with E-state index in [-0.39, 0.29) is 0 Å². The molecule has 0 amide bonds. The SMILES string of the molecule is CCCC#Cc1ccc(OC)cc1N=NN1CCCCC1. The van der Waals surface area contributed by atoms with E-state index in [0.717, 1.165) is 42.9 Å². The first kappa shape index (κ1) is 15.4. The zero-order valence-electron chi connectivity index (χ0n) is 12.9. The summed E-state index contributed by atoms with van der Waals surface area (Å²) in [6.07, 6.45) is 5.64. The Morgan fingerprint density at radius 3 is 2.76 bits per heavy atom. The molecule has 0 atom stereocenters. The first-order valence-corrected chi connectivity index (χ1v) is 7.67. The van der Waals surface area contributed by atoms with E-state index in [2.05, 4.69) is 29.1 Å². The van der Waals surface area contributed by atoms with Crippen molar-refractivity contribution in [2.45, 2.75) is 39.0 Å². The number of nitrogens with zero attached hydrogens (tertiary/aromatic N) is 3.